The molecular formula is C28H37FN4O3. The first-order valence-corrected chi connectivity index (χ1v) is 12.7. The van der Waals surface area contributed by atoms with Crippen molar-refractivity contribution in [2.45, 2.75) is 33.4 Å². The van der Waals surface area contributed by atoms with Gasteiger partial charge in [-0.2, -0.15) is 5.10 Å². The molecule has 4 rings (SSSR count). The zero-order valence-electron chi connectivity index (χ0n) is 21.4. The number of β-amino-alcohol motifs (C(OH)–C–C–N with tert-alkyl or cyclic N) is 1. The lowest BCUT2D eigenvalue weighted by molar-refractivity contribution is 0.00533. The van der Waals surface area contributed by atoms with E-state index in [2.05, 4.69) is 23.6 Å². The van der Waals surface area contributed by atoms with Crippen LogP contribution >= 0.6 is 0 Å². The van der Waals surface area contributed by atoms with Crippen molar-refractivity contribution in [1.29, 1.82) is 0 Å². The Hall–Kier alpha value is -2.78. The van der Waals surface area contributed by atoms with Gasteiger partial charge in [-0.1, -0.05) is 38.1 Å². The van der Waals surface area contributed by atoms with Crippen LogP contribution in [0.15, 0.2) is 54.6 Å². The second-order valence-electron chi connectivity index (χ2n) is 9.83. The third-order valence-corrected chi connectivity index (χ3v) is 6.20. The number of hydrogen-bond donors (Lipinski definition) is 1. The van der Waals surface area contributed by atoms with Crippen LogP contribution in [0.4, 0.5) is 4.39 Å². The molecule has 0 radical (unpaired) electrons. The number of aryl methyl sites for hydroxylation is 1. The maximum atomic E-state index is 13.9. The van der Waals surface area contributed by atoms with Crippen molar-refractivity contribution in [3.63, 3.8) is 0 Å². The Bertz CT molecular complexity index is 1100. The first kappa shape index (κ1) is 26.3. The molecule has 8 heteroatoms. The highest BCUT2D eigenvalue weighted by atomic mass is 19.1. The molecule has 1 fully saturated rings. The summed E-state index contributed by atoms with van der Waals surface area (Å²) in [4.78, 5) is 4.51. The Morgan fingerprint density at radius 1 is 1.08 bits per heavy atom. The van der Waals surface area contributed by atoms with Crippen LogP contribution in [0.2, 0.25) is 0 Å². The topological polar surface area (TPSA) is 63.0 Å². The largest absolute Gasteiger partial charge is 0.438 e. The fourth-order valence-corrected chi connectivity index (χ4v) is 4.59. The number of halogens is 1. The number of aliphatic hydroxyl groups is 1. The van der Waals surface area contributed by atoms with Crippen LogP contribution in [-0.4, -0.2) is 76.7 Å². The number of hydrogen-bond acceptors (Lipinski definition) is 6. The lowest BCUT2D eigenvalue weighted by atomic mass is 10.1. The van der Waals surface area contributed by atoms with Gasteiger partial charge in [-0.25, -0.2) is 9.07 Å². The van der Waals surface area contributed by atoms with Gasteiger partial charge >= 0.3 is 0 Å². The molecule has 194 valence electrons. The first-order chi connectivity index (χ1) is 17.4. The second-order valence-corrected chi connectivity index (χ2v) is 9.83. The lowest BCUT2D eigenvalue weighted by Crippen LogP contribution is -2.45. The number of nitrogens with zero attached hydrogens (tertiary/aromatic N) is 4. The molecule has 1 atom stereocenters. The Morgan fingerprint density at radius 3 is 2.53 bits per heavy atom. The summed E-state index contributed by atoms with van der Waals surface area (Å²) in [5.41, 5.74) is 2.62. The van der Waals surface area contributed by atoms with Crippen LogP contribution in [-0.2, 0) is 11.3 Å². The van der Waals surface area contributed by atoms with Crippen molar-refractivity contribution < 1.29 is 19.0 Å². The predicted octanol–water partition coefficient (Wildman–Crippen LogP) is 4.26. The third kappa shape index (κ3) is 7.13. The van der Waals surface area contributed by atoms with Crippen molar-refractivity contribution in [1.82, 2.24) is 19.6 Å². The van der Waals surface area contributed by atoms with E-state index in [4.69, 9.17) is 14.6 Å². The molecule has 2 aromatic carbocycles. The number of rotatable bonds is 11. The van der Waals surface area contributed by atoms with E-state index in [1.165, 1.54) is 12.1 Å². The van der Waals surface area contributed by atoms with Gasteiger partial charge in [0.05, 0.1) is 36.3 Å². The van der Waals surface area contributed by atoms with Gasteiger partial charge in [0, 0.05) is 45.3 Å². The fraction of sp³-hybridized carbons (Fsp3) is 0.464. The van der Waals surface area contributed by atoms with E-state index >= 15 is 0 Å². The average molecular weight is 497 g/mol. The molecule has 1 aliphatic rings. The number of benzene rings is 2. The van der Waals surface area contributed by atoms with E-state index in [-0.39, 0.29) is 5.82 Å². The van der Waals surface area contributed by atoms with E-state index in [1.807, 2.05) is 37.3 Å². The number of para-hydroxylation sites is 1. The third-order valence-electron chi connectivity index (χ3n) is 6.20. The Balaban J connectivity index is 1.61. The van der Waals surface area contributed by atoms with Gasteiger partial charge < -0.3 is 14.6 Å². The summed E-state index contributed by atoms with van der Waals surface area (Å²) in [5.74, 6) is 1.03. The van der Waals surface area contributed by atoms with Crippen molar-refractivity contribution >= 4 is 0 Å². The molecule has 2 heterocycles. The highest BCUT2D eigenvalue weighted by Gasteiger charge is 2.24. The van der Waals surface area contributed by atoms with Crippen LogP contribution in [0.25, 0.3) is 5.69 Å². The van der Waals surface area contributed by atoms with Crippen LogP contribution < -0.4 is 4.74 Å². The first-order valence-electron chi connectivity index (χ1n) is 12.7. The van der Waals surface area contributed by atoms with Crippen molar-refractivity contribution in [3.8, 4) is 17.3 Å². The van der Waals surface area contributed by atoms with Gasteiger partial charge in [0.1, 0.15) is 11.6 Å². The smallest absolute Gasteiger partial charge is 0.227 e. The minimum absolute atomic E-state index is 0.357. The van der Waals surface area contributed by atoms with E-state index < -0.39 is 6.10 Å². The van der Waals surface area contributed by atoms with E-state index in [0.717, 1.165) is 36.6 Å². The van der Waals surface area contributed by atoms with Crippen LogP contribution in [0.5, 0.6) is 11.6 Å². The molecule has 1 saturated heterocycles. The maximum absolute atomic E-state index is 13.9. The van der Waals surface area contributed by atoms with E-state index in [0.29, 0.717) is 50.4 Å². The van der Waals surface area contributed by atoms with Crippen LogP contribution in [0, 0.1) is 18.7 Å². The summed E-state index contributed by atoms with van der Waals surface area (Å²) in [6.07, 6.45) is -0.487. The predicted molar refractivity (Wildman–Crippen MR) is 138 cm³/mol. The molecule has 1 aromatic heterocycles. The molecule has 0 spiro atoms. The quantitative estimate of drug-likeness (QED) is 0.428. The van der Waals surface area contributed by atoms with Gasteiger partial charge in [-0.3, -0.25) is 9.80 Å². The monoisotopic (exact) mass is 496 g/mol. The van der Waals surface area contributed by atoms with E-state index in [1.54, 1.807) is 16.8 Å². The summed E-state index contributed by atoms with van der Waals surface area (Å²) in [5, 5.41) is 15.7. The Labute approximate surface area is 213 Å². The molecule has 0 amide bonds. The highest BCUT2D eigenvalue weighted by molar-refractivity contribution is 5.43. The van der Waals surface area contributed by atoms with Crippen molar-refractivity contribution in [3.05, 3.63) is 71.7 Å². The number of ether oxygens (including phenoxy) is 2. The minimum Gasteiger partial charge on any atom is -0.438 e. The zero-order chi connectivity index (χ0) is 25.5. The molecular weight excluding hydrogens is 459 g/mol. The Kier molecular flexibility index (Phi) is 9.09. The van der Waals surface area contributed by atoms with Gasteiger partial charge in [0.25, 0.3) is 0 Å². The molecule has 7 nitrogen and oxygen atoms in total. The fourth-order valence-electron chi connectivity index (χ4n) is 4.59. The summed E-state index contributed by atoms with van der Waals surface area (Å²) < 4.78 is 27.4. The molecule has 0 bridgehead atoms. The van der Waals surface area contributed by atoms with Crippen LogP contribution in [0.3, 0.4) is 0 Å². The molecule has 1 unspecified atom stereocenters. The molecule has 1 aliphatic heterocycles. The second kappa shape index (κ2) is 12.5. The number of aliphatic hydroxyl groups excluding tert-OH is 1. The minimum atomic E-state index is -0.487. The van der Waals surface area contributed by atoms with Gasteiger partial charge in [-0.05, 0) is 37.1 Å². The normalized spacial score (nSPS) is 15.5. The SMILES string of the molecule is Cc1nn(-c2ccccc2)c(Oc2cccc(F)c2)c1CN(CC(C)C)CC(O)CN1CCOCC1. The van der Waals surface area contributed by atoms with Crippen LogP contribution in [0.1, 0.15) is 25.1 Å². The van der Waals surface area contributed by atoms with Gasteiger partial charge in [0.15, 0.2) is 0 Å². The lowest BCUT2D eigenvalue weighted by Gasteiger charge is -2.31. The molecule has 1 N–H and O–H groups in total. The standard InChI is InChI=1S/C28H37FN4O3/c1-21(2)17-32(19-25(34)18-31-12-14-35-15-13-31)20-27-22(3)30-33(24-9-5-4-6-10-24)28(27)36-26-11-7-8-23(29)16-26/h4-11,16,21,25,34H,12-15,17-20H2,1-3H3. The summed E-state index contributed by atoms with van der Waals surface area (Å²) in [7, 11) is 0. The number of morpholine rings is 1. The maximum Gasteiger partial charge on any atom is 0.227 e. The summed E-state index contributed by atoms with van der Waals surface area (Å²) in [6, 6.07) is 15.9. The molecule has 36 heavy (non-hydrogen) atoms. The molecule has 0 aliphatic carbocycles. The summed E-state index contributed by atoms with van der Waals surface area (Å²) in [6.45, 7) is 11.9. The number of aromatic nitrogens is 2. The zero-order valence-corrected chi connectivity index (χ0v) is 21.4. The Morgan fingerprint density at radius 2 is 1.83 bits per heavy atom. The molecule has 3 aromatic rings. The van der Waals surface area contributed by atoms with Gasteiger partial charge in [-0.15, -0.1) is 0 Å². The van der Waals surface area contributed by atoms with Crippen molar-refractivity contribution in [2.75, 3.05) is 45.9 Å². The van der Waals surface area contributed by atoms with Gasteiger partial charge in [0.2, 0.25) is 5.88 Å². The van der Waals surface area contributed by atoms with Crippen molar-refractivity contribution in [2.24, 2.45) is 5.92 Å². The average Bonchev–Trinajstić information content (AvgIpc) is 3.14. The highest BCUT2D eigenvalue weighted by Crippen LogP contribution is 2.32. The summed E-state index contributed by atoms with van der Waals surface area (Å²) >= 11 is 0. The molecule has 0 saturated carbocycles. The van der Waals surface area contributed by atoms with E-state index in [9.17, 15) is 9.50 Å².